The Morgan fingerprint density at radius 2 is 2.00 bits per heavy atom. The van der Waals surface area contributed by atoms with E-state index in [4.69, 9.17) is 0 Å². The highest BCUT2D eigenvalue weighted by molar-refractivity contribution is 5.85. The molecule has 2 aliphatic rings. The molecule has 2 saturated heterocycles. The fourth-order valence-corrected chi connectivity index (χ4v) is 1.65. The zero-order valence-electron chi connectivity index (χ0n) is 6.84. The molecule has 0 unspecified atom stereocenters. The molecule has 0 aromatic heterocycles. The van der Waals surface area contributed by atoms with E-state index in [1.54, 1.807) is 0 Å². The smallest absolute Gasteiger partial charge is 0.241 e. The molecule has 2 rings (SSSR count). The Bertz CT molecular complexity index is 175. The van der Waals surface area contributed by atoms with E-state index < -0.39 is 0 Å². The van der Waals surface area contributed by atoms with Gasteiger partial charge >= 0.3 is 0 Å². The van der Waals surface area contributed by atoms with Crippen LogP contribution in [0.25, 0.3) is 0 Å². The van der Waals surface area contributed by atoms with Gasteiger partial charge in [-0.15, -0.1) is 0 Å². The molecule has 2 aliphatic heterocycles. The Hall–Kier alpha value is -0.570. The van der Waals surface area contributed by atoms with Crippen LogP contribution in [-0.4, -0.2) is 36.0 Å². The molecule has 11 heavy (non-hydrogen) atoms. The summed E-state index contributed by atoms with van der Waals surface area (Å²) >= 11 is 0. The van der Waals surface area contributed by atoms with E-state index in [2.05, 4.69) is 12.2 Å². The summed E-state index contributed by atoms with van der Waals surface area (Å²) in [7, 11) is 0. The number of rotatable bonds is 1. The second-order valence-electron chi connectivity index (χ2n) is 3.47. The molecular formula is C8H14N2O. The molecule has 0 aliphatic carbocycles. The van der Waals surface area contributed by atoms with Gasteiger partial charge in [-0.05, 0) is 19.8 Å². The quantitative estimate of drug-likeness (QED) is 0.539. The normalized spacial score (nSPS) is 35.9. The summed E-state index contributed by atoms with van der Waals surface area (Å²) in [5.41, 5.74) is 0. The van der Waals surface area contributed by atoms with Crippen molar-refractivity contribution < 1.29 is 4.79 Å². The number of nitrogens with one attached hydrogen (secondary N) is 1. The average Bonchev–Trinajstić information content (AvgIpc) is 2.56. The van der Waals surface area contributed by atoms with Crippen LogP contribution in [0.1, 0.15) is 19.8 Å². The molecule has 3 nitrogen and oxygen atoms in total. The highest BCUT2D eigenvalue weighted by atomic mass is 16.2. The third-order valence-corrected chi connectivity index (χ3v) is 2.52. The van der Waals surface area contributed by atoms with Crippen LogP contribution in [-0.2, 0) is 4.79 Å². The molecule has 0 saturated carbocycles. The lowest BCUT2D eigenvalue weighted by Crippen LogP contribution is -2.33. The van der Waals surface area contributed by atoms with E-state index in [1.807, 2.05) is 4.90 Å². The number of carbonyl (C=O) groups is 1. The fourth-order valence-electron chi connectivity index (χ4n) is 1.65. The van der Waals surface area contributed by atoms with E-state index in [1.165, 1.54) is 12.8 Å². The predicted molar refractivity (Wildman–Crippen MR) is 42.2 cm³/mol. The molecule has 62 valence electrons. The highest BCUT2D eigenvalue weighted by Gasteiger charge is 2.41. The Morgan fingerprint density at radius 3 is 2.45 bits per heavy atom. The summed E-state index contributed by atoms with van der Waals surface area (Å²) in [5.74, 6) is 0.315. The lowest BCUT2D eigenvalue weighted by atomic mass is 10.3. The lowest BCUT2D eigenvalue weighted by molar-refractivity contribution is -0.129. The van der Waals surface area contributed by atoms with Gasteiger partial charge < -0.3 is 4.90 Å². The summed E-state index contributed by atoms with van der Waals surface area (Å²) in [6.45, 7) is 4.01. The number of hydrogen-bond donors (Lipinski definition) is 1. The second kappa shape index (κ2) is 2.48. The van der Waals surface area contributed by atoms with Crippen LogP contribution < -0.4 is 5.32 Å². The highest BCUT2D eigenvalue weighted by Crippen LogP contribution is 2.16. The maximum Gasteiger partial charge on any atom is 0.241 e. The van der Waals surface area contributed by atoms with Crippen molar-refractivity contribution >= 4 is 5.91 Å². The maximum absolute atomic E-state index is 11.5. The van der Waals surface area contributed by atoms with Crippen molar-refractivity contribution in [2.45, 2.75) is 31.8 Å². The second-order valence-corrected chi connectivity index (χ2v) is 3.47. The van der Waals surface area contributed by atoms with Crippen molar-refractivity contribution in [2.75, 3.05) is 13.1 Å². The van der Waals surface area contributed by atoms with Crippen LogP contribution in [0.15, 0.2) is 0 Å². The van der Waals surface area contributed by atoms with Crippen LogP contribution in [0.5, 0.6) is 0 Å². The molecule has 1 amide bonds. The molecule has 0 aromatic carbocycles. The summed E-state index contributed by atoms with van der Waals surface area (Å²) in [4.78, 5) is 13.5. The number of hydrogen-bond acceptors (Lipinski definition) is 2. The van der Waals surface area contributed by atoms with Crippen LogP contribution in [0, 0.1) is 0 Å². The Labute approximate surface area is 66.8 Å². The van der Waals surface area contributed by atoms with E-state index in [0.29, 0.717) is 11.9 Å². The minimum absolute atomic E-state index is 0.146. The van der Waals surface area contributed by atoms with Crippen molar-refractivity contribution in [1.29, 1.82) is 0 Å². The van der Waals surface area contributed by atoms with E-state index in [9.17, 15) is 4.79 Å². The third-order valence-electron chi connectivity index (χ3n) is 2.52. The topological polar surface area (TPSA) is 42.3 Å². The number of nitrogens with zero attached hydrogens (tertiary/aromatic N) is 1. The van der Waals surface area contributed by atoms with Gasteiger partial charge in [-0.25, -0.2) is 0 Å². The first kappa shape index (κ1) is 7.10. The van der Waals surface area contributed by atoms with Crippen LogP contribution in [0.2, 0.25) is 0 Å². The fraction of sp³-hybridized carbons (Fsp3) is 0.875. The Kier molecular flexibility index (Phi) is 1.60. The van der Waals surface area contributed by atoms with E-state index >= 15 is 0 Å². The molecule has 0 bridgehead atoms. The average molecular weight is 154 g/mol. The number of likely N-dealkylation sites (tertiary alicyclic amines) is 1. The molecule has 0 spiro atoms. The zero-order valence-corrected chi connectivity index (χ0v) is 6.84. The van der Waals surface area contributed by atoms with E-state index in [-0.39, 0.29) is 6.04 Å². The molecule has 1 N–H and O–H groups in total. The Balaban J connectivity index is 1.89. The standard InChI is InChI=1S/C8H14N2O/c1-6-7(9-6)8(11)10-4-2-3-5-10/h6-7,9H,2-5H2,1H3/t6-,7-/m1/s1. The van der Waals surface area contributed by atoms with Gasteiger partial charge in [0, 0.05) is 19.1 Å². The first-order valence-electron chi connectivity index (χ1n) is 4.34. The van der Waals surface area contributed by atoms with Crippen LogP contribution in [0.3, 0.4) is 0 Å². The maximum atomic E-state index is 11.5. The first-order valence-corrected chi connectivity index (χ1v) is 4.34. The van der Waals surface area contributed by atoms with Gasteiger partial charge in [0.1, 0.15) is 6.04 Å². The number of carbonyl (C=O) groups excluding carboxylic acids is 1. The van der Waals surface area contributed by atoms with Crippen molar-refractivity contribution in [3.63, 3.8) is 0 Å². The SMILES string of the molecule is C[C@H]1N[C@H]1C(=O)N1CCCC1. The predicted octanol–water partition coefficient (Wildman–Crippen LogP) is -0.0309. The summed E-state index contributed by atoms with van der Waals surface area (Å²) in [6.07, 6.45) is 2.37. The van der Waals surface area contributed by atoms with Gasteiger partial charge in [0.25, 0.3) is 0 Å². The van der Waals surface area contributed by atoms with Gasteiger partial charge in [0.15, 0.2) is 0 Å². The van der Waals surface area contributed by atoms with Crippen molar-refractivity contribution in [2.24, 2.45) is 0 Å². The van der Waals surface area contributed by atoms with Gasteiger partial charge in [-0.1, -0.05) is 0 Å². The minimum atomic E-state index is 0.146. The molecule has 0 aromatic rings. The van der Waals surface area contributed by atoms with Gasteiger partial charge in [0.05, 0.1) is 0 Å². The van der Waals surface area contributed by atoms with E-state index in [0.717, 1.165) is 13.1 Å². The van der Waals surface area contributed by atoms with Crippen molar-refractivity contribution in [1.82, 2.24) is 10.2 Å². The number of amides is 1. The van der Waals surface area contributed by atoms with Gasteiger partial charge in [-0.2, -0.15) is 0 Å². The molecule has 2 atom stereocenters. The minimum Gasteiger partial charge on any atom is -0.341 e. The van der Waals surface area contributed by atoms with Crippen molar-refractivity contribution in [3.8, 4) is 0 Å². The summed E-state index contributed by atoms with van der Waals surface area (Å²) < 4.78 is 0. The van der Waals surface area contributed by atoms with Crippen LogP contribution in [0.4, 0.5) is 0 Å². The molecular weight excluding hydrogens is 140 g/mol. The van der Waals surface area contributed by atoms with Crippen molar-refractivity contribution in [3.05, 3.63) is 0 Å². The molecule has 2 heterocycles. The summed E-state index contributed by atoms with van der Waals surface area (Å²) in [6, 6.07) is 0.566. The van der Waals surface area contributed by atoms with Gasteiger partial charge in [0.2, 0.25) is 5.91 Å². The largest absolute Gasteiger partial charge is 0.341 e. The zero-order chi connectivity index (χ0) is 7.84. The molecule has 3 heteroatoms. The lowest BCUT2D eigenvalue weighted by Gasteiger charge is -2.13. The monoisotopic (exact) mass is 154 g/mol. The Morgan fingerprint density at radius 1 is 1.45 bits per heavy atom. The summed E-state index contributed by atoms with van der Waals surface area (Å²) in [5, 5.41) is 3.12. The molecule has 0 radical (unpaired) electrons. The van der Waals surface area contributed by atoms with Crippen LogP contribution >= 0.6 is 0 Å². The van der Waals surface area contributed by atoms with Gasteiger partial charge in [-0.3, -0.25) is 10.1 Å². The first-order chi connectivity index (χ1) is 5.29. The third kappa shape index (κ3) is 1.25. The molecule has 2 fully saturated rings.